The fourth-order valence-corrected chi connectivity index (χ4v) is 5.26. The Bertz CT molecular complexity index is 1010. The topological polar surface area (TPSA) is 93.5 Å². The van der Waals surface area contributed by atoms with Crippen molar-refractivity contribution in [3.05, 3.63) is 30.6 Å². The molecular formula is C17H21F3N6O3S. The predicted molar refractivity (Wildman–Crippen MR) is 98.0 cm³/mol. The van der Waals surface area contributed by atoms with E-state index in [1.165, 1.54) is 21.4 Å². The second-order valence-corrected chi connectivity index (χ2v) is 9.29. The number of hydrogen-bond donors (Lipinski definition) is 0. The van der Waals surface area contributed by atoms with E-state index in [0.717, 1.165) is 38.3 Å². The lowest BCUT2D eigenvalue weighted by molar-refractivity contribution is -0.141. The van der Waals surface area contributed by atoms with E-state index >= 15 is 0 Å². The minimum Gasteiger partial charge on any atom is -0.471 e. The van der Waals surface area contributed by atoms with Crippen LogP contribution in [0.2, 0.25) is 0 Å². The van der Waals surface area contributed by atoms with Crippen molar-refractivity contribution in [2.45, 2.75) is 36.2 Å². The van der Waals surface area contributed by atoms with Crippen LogP contribution in [0.4, 0.5) is 13.2 Å². The maximum atomic E-state index is 13.0. The Morgan fingerprint density at radius 2 is 1.87 bits per heavy atom. The molecule has 0 amide bonds. The number of ether oxygens (including phenoxy) is 1. The molecule has 4 heterocycles. The summed E-state index contributed by atoms with van der Waals surface area (Å²) < 4.78 is 73.5. The first-order valence-corrected chi connectivity index (χ1v) is 10.9. The number of imidazole rings is 1. The van der Waals surface area contributed by atoms with E-state index in [0.29, 0.717) is 0 Å². The zero-order valence-electron chi connectivity index (χ0n) is 16.2. The highest BCUT2D eigenvalue weighted by atomic mass is 32.2. The molecule has 0 aromatic carbocycles. The third-order valence-electron chi connectivity index (χ3n) is 5.30. The van der Waals surface area contributed by atoms with E-state index < -0.39 is 28.0 Å². The van der Waals surface area contributed by atoms with Gasteiger partial charge < -0.3 is 9.30 Å². The van der Waals surface area contributed by atoms with Gasteiger partial charge in [-0.15, -0.1) is 0 Å². The molecule has 2 saturated heterocycles. The first-order chi connectivity index (χ1) is 14.1. The van der Waals surface area contributed by atoms with Crippen molar-refractivity contribution >= 4 is 10.0 Å². The summed E-state index contributed by atoms with van der Waals surface area (Å²) in [5.74, 6) is -0.233. The number of hydrogen-bond acceptors (Lipinski definition) is 7. The Balaban J connectivity index is 1.59. The molecule has 0 spiro atoms. The first kappa shape index (κ1) is 21.0. The lowest BCUT2D eigenvalue weighted by atomic mass is 10.2. The van der Waals surface area contributed by atoms with Crippen LogP contribution in [-0.4, -0.2) is 75.5 Å². The minimum absolute atomic E-state index is 0.00850. The van der Waals surface area contributed by atoms with Gasteiger partial charge in [-0.1, -0.05) is 0 Å². The molecular weight excluding hydrogens is 425 g/mol. The molecule has 2 aromatic heterocycles. The molecule has 0 unspecified atom stereocenters. The molecule has 2 aliphatic heterocycles. The van der Waals surface area contributed by atoms with Gasteiger partial charge in [-0.2, -0.15) is 17.5 Å². The van der Waals surface area contributed by atoms with Crippen molar-refractivity contribution < 1.29 is 26.3 Å². The highest BCUT2D eigenvalue weighted by molar-refractivity contribution is 7.89. The highest BCUT2D eigenvalue weighted by Gasteiger charge is 2.45. The normalized spacial score (nSPS) is 23.9. The second kappa shape index (κ2) is 7.78. The number of aromatic nitrogens is 4. The molecule has 2 aromatic rings. The largest absolute Gasteiger partial charge is 0.471 e. The molecule has 0 bridgehead atoms. The van der Waals surface area contributed by atoms with Crippen molar-refractivity contribution in [1.29, 1.82) is 0 Å². The zero-order valence-corrected chi connectivity index (χ0v) is 17.0. The lowest BCUT2D eigenvalue weighted by Gasteiger charge is -2.28. The highest BCUT2D eigenvalue weighted by Crippen LogP contribution is 2.31. The number of likely N-dealkylation sites (tertiary alicyclic amines) is 1. The molecule has 164 valence electrons. The third kappa shape index (κ3) is 4.14. The Kier molecular flexibility index (Phi) is 5.45. The van der Waals surface area contributed by atoms with Crippen LogP contribution >= 0.6 is 0 Å². The van der Waals surface area contributed by atoms with Crippen LogP contribution in [0.15, 0.2) is 29.9 Å². The summed E-state index contributed by atoms with van der Waals surface area (Å²) in [4.78, 5) is 13.1. The molecule has 0 radical (unpaired) electrons. The predicted octanol–water partition coefficient (Wildman–Crippen LogP) is 1.15. The molecule has 9 nitrogen and oxygen atoms in total. The maximum Gasteiger partial charge on any atom is 0.433 e. The average molecular weight is 446 g/mol. The summed E-state index contributed by atoms with van der Waals surface area (Å²) in [7, 11) is -2.19. The number of nitrogens with zero attached hydrogens (tertiary/aromatic N) is 6. The van der Waals surface area contributed by atoms with Gasteiger partial charge in [0.25, 0.3) is 10.0 Å². The van der Waals surface area contributed by atoms with Gasteiger partial charge in [-0.3, -0.25) is 4.90 Å². The molecule has 0 aliphatic carbocycles. The van der Waals surface area contributed by atoms with E-state index in [1.807, 2.05) is 0 Å². The lowest BCUT2D eigenvalue weighted by Crippen LogP contribution is -2.44. The van der Waals surface area contributed by atoms with Crippen molar-refractivity contribution in [2.75, 3.05) is 26.2 Å². The van der Waals surface area contributed by atoms with Gasteiger partial charge in [0.2, 0.25) is 5.88 Å². The Morgan fingerprint density at radius 3 is 2.50 bits per heavy atom. The van der Waals surface area contributed by atoms with Gasteiger partial charge >= 0.3 is 6.18 Å². The van der Waals surface area contributed by atoms with E-state index in [4.69, 9.17) is 4.74 Å². The molecule has 4 rings (SSSR count). The molecule has 30 heavy (non-hydrogen) atoms. The molecule has 13 heteroatoms. The first-order valence-electron chi connectivity index (χ1n) is 9.42. The number of halogens is 3. The quantitative estimate of drug-likeness (QED) is 0.680. The van der Waals surface area contributed by atoms with Crippen molar-refractivity contribution in [3.8, 4) is 5.88 Å². The minimum atomic E-state index is -4.63. The van der Waals surface area contributed by atoms with Crippen LogP contribution < -0.4 is 4.74 Å². The number of rotatable bonds is 5. The Hall–Kier alpha value is -2.25. The SMILES string of the molecule is Cn1cnc(S(=O)(=O)N2C[C@H](Oc3cc(C(F)(F)F)ncn3)[C@@H](N3CCCC3)C2)c1. The van der Waals surface area contributed by atoms with Crippen molar-refractivity contribution in [3.63, 3.8) is 0 Å². The van der Waals surface area contributed by atoms with E-state index in [2.05, 4.69) is 19.9 Å². The van der Waals surface area contributed by atoms with Gasteiger partial charge in [-0.05, 0) is 25.9 Å². The molecule has 0 N–H and O–H groups in total. The monoisotopic (exact) mass is 446 g/mol. The molecule has 2 fully saturated rings. The van der Waals surface area contributed by atoms with Gasteiger partial charge in [0.15, 0.2) is 10.7 Å². The Labute approximate surface area is 171 Å². The third-order valence-corrected chi connectivity index (χ3v) is 7.02. The van der Waals surface area contributed by atoms with E-state index in [-0.39, 0.29) is 30.0 Å². The van der Waals surface area contributed by atoms with Gasteiger partial charge in [0.1, 0.15) is 12.4 Å². The number of aryl methyl sites for hydroxylation is 1. The van der Waals surface area contributed by atoms with Crippen molar-refractivity contribution in [2.24, 2.45) is 7.05 Å². The van der Waals surface area contributed by atoms with E-state index in [1.54, 1.807) is 7.05 Å². The summed E-state index contributed by atoms with van der Waals surface area (Å²) in [6.07, 6.45) is 0.254. The summed E-state index contributed by atoms with van der Waals surface area (Å²) in [6.45, 7) is 1.71. The molecule has 2 atom stereocenters. The van der Waals surface area contributed by atoms with Gasteiger partial charge in [-0.25, -0.2) is 23.4 Å². The average Bonchev–Trinajstić information content (AvgIpc) is 3.41. The Morgan fingerprint density at radius 1 is 1.13 bits per heavy atom. The van der Waals surface area contributed by atoms with Crippen LogP contribution in [0.25, 0.3) is 0 Å². The molecule has 2 aliphatic rings. The summed E-state index contributed by atoms with van der Waals surface area (Å²) in [5.41, 5.74) is -1.11. The van der Waals surface area contributed by atoms with E-state index in [9.17, 15) is 21.6 Å². The summed E-state index contributed by atoms with van der Waals surface area (Å²) in [6, 6.07) is 0.437. The van der Waals surface area contributed by atoms with Gasteiger partial charge in [0.05, 0.1) is 18.9 Å². The van der Waals surface area contributed by atoms with Crippen LogP contribution in [0.5, 0.6) is 5.88 Å². The van der Waals surface area contributed by atoms with Crippen LogP contribution in [0.3, 0.4) is 0 Å². The standard InChI is InChI=1S/C17H21F3N6O3S/c1-24-9-16(23-11-24)30(27,28)26-7-12(25-4-2-3-5-25)13(8-26)29-15-6-14(17(18,19)20)21-10-22-15/h6,9-13H,2-5,7-8H2,1H3/t12-,13-/m0/s1. The zero-order chi connectivity index (χ0) is 21.5. The number of sulfonamides is 1. The maximum absolute atomic E-state index is 13.0. The van der Waals surface area contributed by atoms with Crippen LogP contribution in [0.1, 0.15) is 18.5 Å². The van der Waals surface area contributed by atoms with Gasteiger partial charge in [0, 0.05) is 25.9 Å². The smallest absolute Gasteiger partial charge is 0.433 e. The number of alkyl halides is 3. The second-order valence-electron chi connectivity index (χ2n) is 7.41. The fourth-order valence-electron chi connectivity index (χ4n) is 3.83. The van der Waals surface area contributed by atoms with Crippen LogP contribution in [-0.2, 0) is 23.2 Å². The fraction of sp³-hybridized carbons (Fsp3) is 0.588. The van der Waals surface area contributed by atoms with Crippen LogP contribution in [0, 0.1) is 0 Å². The summed E-state index contributed by atoms with van der Waals surface area (Å²) in [5, 5.41) is -0.0767. The van der Waals surface area contributed by atoms with Crippen molar-refractivity contribution in [1.82, 2.24) is 28.7 Å². The molecule has 0 saturated carbocycles. The summed E-state index contributed by atoms with van der Waals surface area (Å²) >= 11 is 0.